The van der Waals surface area contributed by atoms with Gasteiger partial charge in [0.25, 0.3) is 0 Å². The summed E-state index contributed by atoms with van der Waals surface area (Å²) in [4.78, 5) is 13.6. The number of aliphatic carboxylic acids is 1. The van der Waals surface area contributed by atoms with Crippen LogP contribution >= 0.6 is 0 Å². The molecule has 4 heteroatoms. The van der Waals surface area contributed by atoms with E-state index in [2.05, 4.69) is 10.2 Å². The van der Waals surface area contributed by atoms with Gasteiger partial charge in [-0.1, -0.05) is 30.3 Å². The number of rotatable bonds is 6. The van der Waals surface area contributed by atoms with Crippen molar-refractivity contribution in [2.45, 2.75) is 18.8 Å². The number of piperidine rings is 1. The minimum absolute atomic E-state index is 0.447. The highest BCUT2D eigenvalue weighted by Crippen LogP contribution is 2.18. The molecule has 4 nitrogen and oxygen atoms in total. The van der Waals surface area contributed by atoms with E-state index in [0.29, 0.717) is 12.5 Å². The molecule has 0 spiro atoms. The standard InChI is InChI=1S/C16H24N2O2/c1-18(11-13-6-5-9-17-10-13)12-15(16(19)20)14-7-3-2-4-8-14/h2-4,7-8,13,15,17H,5-6,9-12H2,1H3,(H,19,20). The van der Waals surface area contributed by atoms with Crippen LogP contribution in [-0.4, -0.2) is 49.2 Å². The smallest absolute Gasteiger partial charge is 0.312 e. The Bertz CT molecular complexity index is 416. The Morgan fingerprint density at radius 1 is 1.45 bits per heavy atom. The summed E-state index contributed by atoms with van der Waals surface area (Å²) in [7, 11) is 2.02. The van der Waals surface area contributed by atoms with Crippen LogP contribution in [0, 0.1) is 5.92 Å². The first-order chi connectivity index (χ1) is 9.66. The summed E-state index contributed by atoms with van der Waals surface area (Å²) in [5.41, 5.74) is 0.883. The van der Waals surface area contributed by atoms with E-state index < -0.39 is 11.9 Å². The van der Waals surface area contributed by atoms with Crippen LogP contribution < -0.4 is 5.32 Å². The Morgan fingerprint density at radius 2 is 2.20 bits per heavy atom. The van der Waals surface area contributed by atoms with E-state index in [1.54, 1.807) is 0 Å². The van der Waals surface area contributed by atoms with Crippen molar-refractivity contribution < 1.29 is 9.90 Å². The van der Waals surface area contributed by atoms with Crippen LogP contribution in [0.1, 0.15) is 24.3 Å². The van der Waals surface area contributed by atoms with Crippen LogP contribution in [0.5, 0.6) is 0 Å². The van der Waals surface area contributed by atoms with Crippen LogP contribution in [0.3, 0.4) is 0 Å². The predicted molar refractivity (Wildman–Crippen MR) is 79.9 cm³/mol. The number of hydrogen-bond donors (Lipinski definition) is 2. The van der Waals surface area contributed by atoms with Crippen LogP contribution in [-0.2, 0) is 4.79 Å². The molecule has 1 saturated heterocycles. The molecule has 1 fully saturated rings. The number of nitrogens with zero attached hydrogens (tertiary/aromatic N) is 1. The Hall–Kier alpha value is -1.39. The fraction of sp³-hybridized carbons (Fsp3) is 0.562. The van der Waals surface area contributed by atoms with E-state index in [9.17, 15) is 9.90 Å². The van der Waals surface area contributed by atoms with Gasteiger partial charge in [0.05, 0.1) is 5.92 Å². The summed E-state index contributed by atoms with van der Waals surface area (Å²) in [6, 6.07) is 9.51. The van der Waals surface area contributed by atoms with Crippen molar-refractivity contribution in [3.8, 4) is 0 Å². The third-order valence-corrected chi connectivity index (χ3v) is 3.96. The Kier molecular flexibility index (Phi) is 5.56. The molecule has 2 rings (SSSR count). The molecule has 2 unspecified atom stereocenters. The van der Waals surface area contributed by atoms with Gasteiger partial charge in [-0.05, 0) is 44.5 Å². The largest absolute Gasteiger partial charge is 0.481 e. The molecule has 2 N–H and O–H groups in total. The van der Waals surface area contributed by atoms with Gasteiger partial charge in [0, 0.05) is 13.1 Å². The van der Waals surface area contributed by atoms with Gasteiger partial charge in [-0.3, -0.25) is 4.79 Å². The zero-order chi connectivity index (χ0) is 14.4. The van der Waals surface area contributed by atoms with Crippen molar-refractivity contribution in [1.82, 2.24) is 10.2 Å². The number of hydrogen-bond acceptors (Lipinski definition) is 3. The van der Waals surface area contributed by atoms with Gasteiger partial charge in [-0.2, -0.15) is 0 Å². The van der Waals surface area contributed by atoms with E-state index in [0.717, 1.165) is 25.2 Å². The van der Waals surface area contributed by atoms with Crippen LogP contribution in [0.25, 0.3) is 0 Å². The number of nitrogens with one attached hydrogen (secondary N) is 1. The lowest BCUT2D eigenvalue weighted by Crippen LogP contribution is -2.39. The first-order valence-electron chi connectivity index (χ1n) is 7.34. The van der Waals surface area contributed by atoms with E-state index in [-0.39, 0.29) is 0 Å². The molecule has 1 aromatic carbocycles. The Labute approximate surface area is 120 Å². The van der Waals surface area contributed by atoms with E-state index in [1.807, 2.05) is 37.4 Å². The molecule has 1 aliphatic rings. The number of benzene rings is 1. The molecule has 20 heavy (non-hydrogen) atoms. The molecule has 0 bridgehead atoms. The van der Waals surface area contributed by atoms with Crippen molar-refractivity contribution in [3.05, 3.63) is 35.9 Å². The van der Waals surface area contributed by atoms with E-state index >= 15 is 0 Å². The van der Waals surface area contributed by atoms with Crippen molar-refractivity contribution in [1.29, 1.82) is 0 Å². The lowest BCUT2D eigenvalue weighted by molar-refractivity contribution is -0.139. The molecule has 0 aromatic heterocycles. The zero-order valence-corrected chi connectivity index (χ0v) is 12.1. The first kappa shape index (κ1) is 15.0. The van der Waals surface area contributed by atoms with Crippen molar-refractivity contribution >= 4 is 5.97 Å². The van der Waals surface area contributed by atoms with E-state index in [4.69, 9.17) is 0 Å². The maximum atomic E-state index is 11.5. The van der Waals surface area contributed by atoms with Gasteiger partial charge in [0.2, 0.25) is 0 Å². The average molecular weight is 276 g/mol. The summed E-state index contributed by atoms with van der Waals surface area (Å²) in [6.45, 7) is 3.69. The highest BCUT2D eigenvalue weighted by molar-refractivity contribution is 5.76. The molecule has 0 saturated carbocycles. The van der Waals surface area contributed by atoms with Gasteiger partial charge >= 0.3 is 5.97 Å². The summed E-state index contributed by atoms with van der Waals surface area (Å²) < 4.78 is 0. The van der Waals surface area contributed by atoms with Crippen molar-refractivity contribution in [3.63, 3.8) is 0 Å². The third-order valence-electron chi connectivity index (χ3n) is 3.96. The van der Waals surface area contributed by atoms with Crippen LogP contribution in [0.4, 0.5) is 0 Å². The predicted octanol–water partition coefficient (Wildman–Crippen LogP) is 1.79. The van der Waals surface area contributed by atoms with Crippen molar-refractivity contribution in [2.24, 2.45) is 5.92 Å². The highest BCUT2D eigenvalue weighted by atomic mass is 16.4. The third kappa shape index (κ3) is 4.32. The second kappa shape index (κ2) is 7.41. The minimum Gasteiger partial charge on any atom is -0.481 e. The second-order valence-electron chi connectivity index (χ2n) is 5.74. The lowest BCUT2D eigenvalue weighted by Gasteiger charge is -2.29. The summed E-state index contributed by atoms with van der Waals surface area (Å²) in [6.07, 6.45) is 2.46. The first-order valence-corrected chi connectivity index (χ1v) is 7.34. The number of likely N-dealkylation sites (N-methyl/N-ethyl adjacent to an activating group) is 1. The molecular formula is C16H24N2O2. The minimum atomic E-state index is -0.746. The fourth-order valence-corrected chi connectivity index (χ4v) is 2.92. The lowest BCUT2D eigenvalue weighted by atomic mass is 9.96. The molecule has 1 aliphatic heterocycles. The van der Waals surface area contributed by atoms with Crippen molar-refractivity contribution in [2.75, 3.05) is 33.2 Å². The monoisotopic (exact) mass is 276 g/mol. The summed E-state index contributed by atoms with van der Waals surface area (Å²) in [5, 5.41) is 12.8. The highest BCUT2D eigenvalue weighted by Gasteiger charge is 2.23. The van der Waals surface area contributed by atoms with Crippen LogP contribution in [0.15, 0.2) is 30.3 Å². The molecule has 0 radical (unpaired) electrons. The molecule has 0 amide bonds. The van der Waals surface area contributed by atoms with E-state index in [1.165, 1.54) is 12.8 Å². The molecule has 1 aromatic rings. The molecule has 1 heterocycles. The Morgan fingerprint density at radius 3 is 2.80 bits per heavy atom. The van der Waals surface area contributed by atoms with Gasteiger partial charge in [0.1, 0.15) is 0 Å². The maximum Gasteiger partial charge on any atom is 0.312 e. The number of carbonyl (C=O) groups is 1. The average Bonchev–Trinajstić information content (AvgIpc) is 2.46. The number of carboxylic acids is 1. The normalized spacial score (nSPS) is 20.8. The summed E-state index contributed by atoms with van der Waals surface area (Å²) in [5.74, 6) is -0.554. The summed E-state index contributed by atoms with van der Waals surface area (Å²) >= 11 is 0. The van der Waals surface area contributed by atoms with Crippen LogP contribution in [0.2, 0.25) is 0 Å². The fourth-order valence-electron chi connectivity index (χ4n) is 2.92. The maximum absolute atomic E-state index is 11.5. The van der Waals surface area contributed by atoms with Gasteiger partial charge in [0.15, 0.2) is 0 Å². The van der Waals surface area contributed by atoms with Gasteiger partial charge < -0.3 is 15.3 Å². The quantitative estimate of drug-likeness (QED) is 0.831. The molecular weight excluding hydrogens is 252 g/mol. The Balaban J connectivity index is 1.92. The SMILES string of the molecule is CN(CC1CCCNC1)CC(C(=O)O)c1ccccc1. The van der Waals surface area contributed by atoms with Gasteiger partial charge in [-0.25, -0.2) is 0 Å². The molecule has 110 valence electrons. The second-order valence-corrected chi connectivity index (χ2v) is 5.74. The zero-order valence-electron chi connectivity index (χ0n) is 12.1. The van der Waals surface area contributed by atoms with Gasteiger partial charge in [-0.15, -0.1) is 0 Å². The molecule has 2 atom stereocenters. The number of carboxylic acid groups (broad SMARTS) is 1. The topological polar surface area (TPSA) is 52.6 Å². The molecule has 0 aliphatic carbocycles.